The van der Waals surface area contributed by atoms with Gasteiger partial charge in [0.1, 0.15) is 13.2 Å². The quantitative estimate of drug-likeness (QED) is 0.0275. The SMILES string of the molecule is CC/C=C\C/C=C\C/C=C\C/C=C\C/C=C\CCCCCCCCCCCCCC(=O)NC(COP(=O)([O-])OCC[N+](C)(C)C)C(O)/C=C/CCCCCCCCC. The van der Waals surface area contributed by atoms with Crippen LogP contribution in [0.2, 0.25) is 0 Å². The first-order chi connectivity index (χ1) is 28.0. The van der Waals surface area contributed by atoms with E-state index in [9.17, 15) is 19.4 Å². The highest BCUT2D eigenvalue weighted by Gasteiger charge is 2.23. The zero-order chi connectivity index (χ0) is 42.8. The number of carbonyl (C=O) groups is 1. The predicted octanol–water partition coefficient (Wildman–Crippen LogP) is 12.6. The molecule has 0 saturated heterocycles. The number of phosphoric ester groups is 1. The van der Waals surface area contributed by atoms with Gasteiger partial charge in [0.25, 0.3) is 7.82 Å². The van der Waals surface area contributed by atoms with Crippen LogP contribution in [0.5, 0.6) is 0 Å². The molecule has 1 amide bonds. The Morgan fingerprint density at radius 3 is 1.53 bits per heavy atom. The Balaban J connectivity index is 4.17. The van der Waals surface area contributed by atoms with Crippen LogP contribution in [0.4, 0.5) is 0 Å². The van der Waals surface area contributed by atoms with E-state index in [-0.39, 0.29) is 19.1 Å². The molecule has 3 atom stereocenters. The van der Waals surface area contributed by atoms with Crippen LogP contribution in [0.3, 0.4) is 0 Å². The molecule has 58 heavy (non-hydrogen) atoms. The number of nitrogens with one attached hydrogen (secondary N) is 1. The highest BCUT2D eigenvalue weighted by atomic mass is 31.2. The Morgan fingerprint density at radius 2 is 1.05 bits per heavy atom. The van der Waals surface area contributed by atoms with E-state index in [2.05, 4.69) is 79.9 Å². The summed E-state index contributed by atoms with van der Waals surface area (Å²) in [6, 6.07) is -0.889. The van der Waals surface area contributed by atoms with Crippen molar-refractivity contribution in [2.24, 2.45) is 0 Å². The molecule has 0 aliphatic carbocycles. The van der Waals surface area contributed by atoms with Crippen molar-refractivity contribution in [3.63, 3.8) is 0 Å². The maximum absolute atomic E-state index is 12.8. The summed E-state index contributed by atoms with van der Waals surface area (Å²) in [5, 5.41) is 13.7. The summed E-state index contributed by atoms with van der Waals surface area (Å²) in [5.74, 6) is -0.207. The fraction of sp³-hybridized carbons (Fsp3) is 0.735. The van der Waals surface area contributed by atoms with Gasteiger partial charge in [0, 0.05) is 6.42 Å². The van der Waals surface area contributed by atoms with Crippen molar-refractivity contribution in [1.82, 2.24) is 5.32 Å². The number of carbonyl (C=O) groups excluding carboxylic acids is 1. The molecule has 0 radical (unpaired) electrons. The van der Waals surface area contributed by atoms with Crippen molar-refractivity contribution < 1.29 is 32.9 Å². The van der Waals surface area contributed by atoms with Crippen LogP contribution in [0.15, 0.2) is 72.9 Å². The number of likely N-dealkylation sites (N-methyl/N-ethyl adjacent to an activating group) is 1. The molecule has 3 unspecified atom stereocenters. The Bertz CT molecular complexity index is 1170. The van der Waals surface area contributed by atoms with Crippen LogP contribution in [0, 0.1) is 0 Å². The highest BCUT2D eigenvalue weighted by Crippen LogP contribution is 2.38. The molecule has 0 aromatic rings. The van der Waals surface area contributed by atoms with Crippen LogP contribution in [0.1, 0.15) is 181 Å². The van der Waals surface area contributed by atoms with E-state index in [1.165, 1.54) is 89.9 Å². The molecular weight excluding hydrogens is 744 g/mol. The molecule has 9 heteroatoms. The second-order valence-electron chi connectivity index (χ2n) is 16.7. The smallest absolute Gasteiger partial charge is 0.268 e. The lowest BCUT2D eigenvalue weighted by molar-refractivity contribution is -0.870. The number of phosphoric acid groups is 1. The monoisotopic (exact) mass is 833 g/mol. The third kappa shape index (κ3) is 42.1. The van der Waals surface area contributed by atoms with Gasteiger partial charge in [0.2, 0.25) is 5.91 Å². The Kier molecular flexibility index (Phi) is 38.9. The minimum absolute atomic E-state index is 0.00478. The molecule has 0 aromatic carbocycles. The summed E-state index contributed by atoms with van der Waals surface area (Å²) in [4.78, 5) is 25.3. The van der Waals surface area contributed by atoms with Crippen LogP contribution in [-0.2, 0) is 18.4 Å². The molecule has 336 valence electrons. The topological polar surface area (TPSA) is 108 Å². The summed E-state index contributed by atoms with van der Waals surface area (Å²) < 4.78 is 23.1. The maximum atomic E-state index is 12.8. The molecule has 8 nitrogen and oxygen atoms in total. The van der Waals surface area contributed by atoms with Crippen LogP contribution in [-0.4, -0.2) is 68.5 Å². The zero-order valence-corrected chi connectivity index (χ0v) is 38.9. The molecule has 0 saturated carbocycles. The predicted molar refractivity (Wildman–Crippen MR) is 247 cm³/mol. The van der Waals surface area contributed by atoms with Crippen LogP contribution in [0.25, 0.3) is 0 Å². The van der Waals surface area contributed by atoms with Crippen molar-refractivity contribution in [2.45, 2.75) is 193 Å². The van der Waals surface area contributed by atoms with Gasteiger partial charge >= 0.3 is 0 Å². The van der Waals surface area contributed by atoms with Crippen molar-refractivity contribution in [2.75, 3.05) is 40.9 Å². The molecule has 0 heterocycles. The Labute approximate surface area is 357 Å². The van der Waals surface area contributed by atoms with Crippen molar-refractivity contribution in [3.8, 4) is 0 Å². The maximum Gasteiger partial charge on any atom is 0.268 e. The molecule has 0 aliphatic heterocycles. The van der Waals surface area contributed by atoms with Gasteiger partial charge in [-0.15, -0.1) is 0 Å². The summed E-state index contributed by atoms with van der Waals surface area (Å²) in [7, 11) is 1.25. The fourth-order valence-corrected chi connectivity index (χ4v) is 6.96. The van der Waals surface area contributed by atoms with Gasteiger partial charge in [0.05, 0.1) is 39.9 Å². The number of amides is 1. The van der Waals surface area contributed by atoms with Gasteiger partial charge in [-0.2, -0.15) is 0 Å². The fourth-order valence-electron chi connectivity index (χ4n) is 6.24. The number of allylic oxidation sites excluding steroid dienone is 11. The average molecular weight is 833 g/mol. The third-order valence-electron chi connectivity index (χ3n) is 9.92. The van der Waals surface area contributed by atoms with Gasteiger partial charge < -0.3 is 28.8 Å². The molecule has 2 N–H and O–H groups in total. The van der Waals surface area contributed by atoms with Crippen molar-refractivity contribution in [3.05, 3.63) is 72.9 Å². The number of hydrogen-bond donors (Lipinski definition) is 2. The van der Waals surface area contributed by atoms with E-state index in [1.807, 2.05) is 27.2 Å². The minimum Gasteiger partial charge on any atom is -0.756 e. The Morgan fingerprint density at radius 1 is 0.621 bits per heavy atom. The lowest BCUT2D eigenvalue weighted by atomic mass is 10.0. The molecule has 0 aliphatic rings. The first-order valence-electron chi connectivity index (χ1n) is 23.3. The first kappa shape index (κ1) is 55.9. The van der Waals surface area contributed by atoms with Gasteiger partial charge in [-0.05, 0) is 64.2 Å². The summed E-state index contributed by atoms with van der Waals surface area (Å²) in [5.41, 5.74) is 0. The summed E-state index contributed by atoms with van der Waals surface area (Å²) in [6.45, 7) is 4.48. The van der Waals surface area contributed by atoms with Crippen molar-refractivity contribution >= 4 is 13.7 Å². The third-order valence-corrected chi connectivity index (χ3v) is 10.9. The Hall–Kier alpha value is -2.06. The van der Waals surface area contributed by atoms with Crippen LogP contribution < -0.4 is 10.2 Å². The number of aliphatic hydroxyl groups is 1. The van der Waals surface area contributed by atoms with E-state index in [0.717, 1.165) is 70.6 Å². The molecule has 0 spiro atoms. The largest absolute Gasteiger partial charge is 0.756 e. The minimum atomic E-state index is -4.59. The van der Waals surface area contributed by atoms with E-state index in [1.54, 1.807) is 6.08 Å². The summed E-state index contributed by atoms with van der Waals surface area (Å²) in [6.07, 6.45) is 53.9. The average Bonchev–Trinajstić information content (AvgIpc) is 3.17. The van der Waals surface area contributed by atoms with E-state index in [0.29, 0.717) is 17.4 Å². The van der Waals surface area contributed by atoms with Gasteiger partial charge in [0.15, 0.2) is 0 Å². The zero-order valence-electron chi connectivity index (χ0n) is 38.0. The van der Waals surface area contributed by atoms with Gasteiger partial charge in [-0.25, -0.2) is 0 Å². The van der Waals surface area contributed by atoms with Crippen LogP contribution >= 0.6 is 7.82 Å². The molecule has 0 bridgehead atoms. The number of unbranched alkanes of at least 4 members (excludes halogenated alkanes) is 18. The highest BCUT2D eigenvalue weighted by molar-refractivity contribution is 7.45. The van der Waals surface area contributed by atoms with E-state index in [4.69, 9.17) is 9.05 Å². The summed E-state index contributed by atoms with van der Waals surface area (Å²) >= 11 is 0. The lowest BCUT2D eigenvalue weighted by Crippen LogP contribution is -2.45. The lowest BCUT2D eigenvalue weighted by Gasteiger charge is -2.29. The number of hydrogen-bond acceptors (Lipinski definition) is 6. The standard InChI is InChI=1S/C49H89N2O6P/c1-6-8-10-12-14-16-17-18-19-20-21-22-23-24-25-26-27-28-29-30-31-32-33-35-37-39-41-43-49(53)50-47(46-57-58(54,55)56-45-44-51(3,4)5)48(52)42-40-38-36-34-15-13-11-9-7-2/h8,10,14,16,18-19,21-22,24-25,40,42,47-48,52H,6-7,9,11-13,15,17,20,23,26-39,41,43-46H2,1-5H3,(H-,50,53,54,55)/b10-8-,16-14-,19-18-,22-21-,25-24-,42-40+. The van der Waals surface area contributed by atoms with Gasteiger partial charge in [-0.3, -0.25) is 9.36 Å². The number of aliphatic hydroxyl groups excluding tert-OH is 1. The molecule has 0 aromatic heterocycles. The second kappa shape index (κ2) is 40.4. The van der Waals surface area contributed by atoms with E-state index < -0.39 is 20.0 Å². The number of quaternary nitrogens is 1. The molecular formula is C49H89N2O6P. The number of rotatable bonds is 41. The number of nitrogens with zero attached hydrogens (tertiary/aromatic N) is 1. The second-order valence-corrected chi connectivity index (χ2v) is 18.1. The van der Waals surface area contributed by atoms with Gasteiger partial charge in [-0.1, -0.05) is 183 Å². The van der Waals surface area contributed by atoms with E-state index >= 15 is 0 Å². The first-order valence-corrected chi connectivity index (χ1v) is 24.8. The normalized spacial score (nSPS) is 14.9. The molecule has 0 fully saturated rings. The van der Waals surface area contributed by atoms with Crippen molar-refractivity contribution in [1.29, 1.82) is 0 Å². The molecule has 0 rings (SSSR count).